The van der Waals surface area contributed by atoms with Crippen molar-refractivity contribution in [3.05, 3.63) is 0 Å². The lowest BCUT2D eigenvalue weighted by atomic mass is 9.87. The van der Waals surface area contributed by atoms with Gasteiger partial charge in [0.2, 0.25) is 5.91 Å². The van der Waals surface area contributed by atoms with Crippen molar-refractivity contribution in [2.75, 3.05) is 14.1 Å². The smallest absolute Gasteiger partial charge is 0.240 e. The number of carbonyl (C=O) groups is 1. The summed E-state index contributed by atoms with van der Waals surface area (Å²) in [6, 6.07) is 0.967. The number of likely N-dealkylation sites (N-methyl/N-ethyl adjacent to an activating group) is 1. The molecule has 2 rings (SSSR count). The zero-order chi connectivity index (χ0) is 14.9. The summed E-state index contributed by atoms with van der Waals surface area (Å²) in [5.41, 5.74) is 6.15. The number of amides is 1. The Morgan fingerprint density at radius 1 is 1.05 bits per heavy atom. The van der Waals surface area contributed by atoms with Gasteiger partial charge in [-0.05, 0) is 45.7 Å². The molecule has 0 heterocycles. The lowest BCUT2D eigenvalue weighted by Crippen LogP contribution is -2.58. The average molecular weight is 281 g/mol. The van der Waals surface area contributed by atoms with Crippen LogP contribution in [-0.2, 0) is 4.79 Å². The standard InChI is InChI=1S/C16H31N3O/c1-11(2)15(17)16(20)19(12-9-10-12)14-8-6-5-7-13(14)18(3)4/h11-15H,5-10,17H2,1-4H3/t13?,14-,15?/m0/s1. The van der Waals surface area contributed by atoms with E-state index in [0.717, 1.165) is 19.3 Å². The Kier molecular flexibility index (Phi) is 5.08. The van der Waals surface area contributed by atoms with E-state index in [1.54, 1.807) is 0 Å². The fourth-order valence-electron chi connectivity index (χ4n) is 3.44. The van der Waals surface area contributed by atoms with E-state index in [1.165, 1.54) is 19.3 Å². The molecule has 0 aliphatic heterocycles. The highest BCUT2D eigenvalue weighted by Gasteiger charge is 2.43. The third kappa shape index (κ3) is 3.34. The van der Waals surface area contributed by atoms with Crippen molar-refractivity contribution in [1.82, 2.24) is 9.80 Å². The Hall–Kier alpha value is -0.610. The molecule has 0 spiro atoms. The van der Waals surface area contributed by atoms with Gasteiger partial charge in [-0.25, -0.2) is 0 Å². The highest BCUT2D eigenvalue weighted by Crippen LogP contribution is 2.35. The minimum absolute atomic E-state index is 0.182. The van der Waals surface area contributed by atoms with Gasteiger partial charge in [-0.1, -0.05) is 26.7 Å². The minimum Gasteiger partial charge on any atom is -0.334 e. The van der Waals surface area contributed by atoms with E-state index in [-0.39, 0.29) is 17.9 Å². The molecule has 2 saturated carbocycles. The van der Waals surface area contributed by atoms with Gasteiger partial charge in [-0.3, -0.25) is 4.79 Å². The summed E-state index contributed by atoms with van der Waals surface area (Å²) in [4.78, 5) is 17.3. The van der Waals surface area contributed by atoms with Crippen molar-refractivity contribution in [1.29, 1.82) is 0 Å². The number of nitrogens with zero attached hydrogens (tertiary/aromatic N) is 2. The largest absolute Gasteiger partial charge is 0.334 e. The molecule has 0 saturated heterocycles. The van der Waals surface area contributed by atoms with Gasteiger partial charge in [-0.15, -0.1) is 0 Å². The Morgan fingerprint density at radius 3 is 2.05 bits per heavy atom. The molecule has 20 heavy (non-hydrogen) atoms. The summed E-state index contributed by atoms with van der Waals surface area (Å²) in [6.07, 6.45) is 7.17. The van der Waals surface area contributed by atoms with Crippen LogP contribution < -0.4 is 5.73 Å². The first kappa shape index (κ1) is 15.8. The topological polar surface area (TPSA) is 49.6 Å². The summed E-state index contributed by atoms with van der Waals surface area (Å²) >= 11 is 0. The molecule has 0 radical (unpaired) electrons. The fourth-order valence-corrected chi connectivity index (χ4v) is 3.44. The average Bonchev–Trinajstić information content (AvgIpc) is 3.22. The van der Waals surface area contributed by atoms with Crippen molar-refractivity contribution in [3.63, 3.8) is 0 Å². The summed E-state index contributed by atoms with van der Waals surface area (Å²) in [5.74, 6) is 0.395. The predicted molar refractivity (Wildman–Crippen MR) is 82.4 cm³/mol. The van der Waals surface area contributed by atoms with Crippen molar-refractivity contribution < 1.29 is 4.79 Å². The molecule has 2 aliphatic rings. The van der Waals surface area contributed by atoms with Crippen LogP contribution >= 0.6 is 0 Å². The molecule has 2 aliphatic carbocycles. The van der Waals surface area contributed by atoms with Gasteiger partial charge in [0.1, 0.15) is 0 Å². The second kappa shape index (κ2) is 6.44. The van der Waals surface area contributed by atoms with Gasteiger partial charge in [0, 0.05) is 18.1 Å². The molecule has 3 atom stereocenters. The first-order valence-corrected chi connectivity index (χ1v) is 8.17. The minimum atomic E-state index is -0.347. The maximum absolute atomic E-state index is 12.8. The van der Waals surface area contributed by atoms with Crippen LogP contribution in [0.3, 0.4) is 0 Å². The third-order valence-corrected chi connectivity index (χ3v) is 4.91. The van der Waals surface area contributed by atoms with Crippen molar-refractivity contribution >= 4 is 5.91 Å². The summed E-state index contributed by atoms with van der Waals surface area (Å²) in [6.45, 7) is 4.08. The number of carbonyl (C=O) groups excluding carboxylic acids is 1. The van der Waals surface area contributed by atoms with Crippen LogP contribution in [0.1, 0.15) is 52.4 Å². The molecule has 2 fully saturated rings. The Bertz CT molecular complexity index is 339. The van der Waals surface area contributed by atoms with E-state index in [9.17, 15) is 4.79 Å². The zero-order valence-electron chi connectivity index (χ0n) is 13.5. The molecular formula is C16H31N3O. The molecule has 0 bridgehead atoms. The number of rotatable bonds is 5. The molecule has 2 unspecified atom stereocenters. The van der Waals surface area contributed by atoms with E-state index >= 15 is 0 Å². The maximum atomic E-state index is 12.8. The second-order valence-corrected chi connectivity index (χ2v) is 7.13. The van der Waals surface area contributed by atoms with Crippen LogP contribution in [0.25, 0.3) is 0 Å². The van der Waals surface area contributed by atoms with E-state index in [2.05, 4.69) is 23.9 Å². The van der Waals surface area contributed by atoms with Crippen LogP contribution in [0.4, 0.5) is 0 Å². The van der Waals surface area contributed by atoms with Crippen LogP contribution in [0.5, 0.6) is 0 Å². The van der Waals surface area contributed by atoms with Gasteiger partial charge in [0.05, 0.1) is 6.04 Å². The Labute approximate surface area is 123 Å². The normalized spacial score (nSPS) is 28.8. The highest BCUT2D eigenvalue weighted by molar-refractivity contribution is 5.83. The van der Waals surface area contributed by atoms with E-state index in [1.807, 2.05) is 13.8 Å². The monoisotopic (exact) mass is 281 g/mol. The maximum Gasteiger partial charge on any atom is 0.240 e. The molecule has 2 N–H and O–H groups in total. The van der Waals surface area contributed by atoms with Crippen molar-refractivity contribution in [3.8, 4) is 0 Å². The summed E-state index contributed by atoms with van der Waals surface area (Å²) < 4.78 is 0. The van der Waals surface area contributed by atoms with E-state index in [4.69, 9.17) is 5.73 Å². The molecule has 0 aromatic heterocycles. The van der Waals surface area contributed by atoms with Crippen LogP contribution in [0, 0.1) is 5.92 Å². The zero-order valence-corrected chi connectivity index (χ0v) is 13.5. The first-order chi connectivity index (χ1) is 9.43. The van der Waals surface area contributed by atoms with Gasteiger partial charge in [0.15, 0.2) is 0 Å². The molecule has 0 aromatic rings. The molecule has 4 nitrogen and oxygen atoms in total. The van der Waals surface area contributed by atoms with Gasteiger partial charge in [-0.2, -0.15) is 0 Å². The number of hydrogen-bond acceptors (Lipinski definition) is 3. The second-order valence-electron chi connectivity index (χ2n) is 7.13. The van der Waals surface area contributed by atoms with E-state index < -0.39 is 0 Å². The molecule has 0 aromatic carbocycles. The van der Waals surface area contributed by atoms with Crippen LogP contribution in [0.15, 0.2) is 0 Å². The Balaban J connectivity index is 2.16. The lowest BCUT2D eigenvalue weighted by Gasteiger charge is -2.44. The summed E-state index contributed by atoms with van der Waals surface area (Å²) in [5, 5.41) is 0. The van der Waals surface area contributed by atoms with Crippen molar-refractivity contribution in [2.24, 2.45) is 11.7 Å². The Morgan fingerprint density at radius 2 is 1.60 bits per heavy atom. The summed E-state index contributed by atoms with van der Waals surface area (Å²) in [7, 11) is 4.28. The molecular weight excluding hydrogens is 250 g/mol. The third-order valence-electron chi connectivity index (χ3n) is 4.91. The van der Waals surface area contributed by atoms with Crippen molar-refractivity contribution in [2.45, 2.75) is 76.5 Å². The number of nitrogens with two attached hydrogens (primary N) is 1. The predicted octanol–water partition coefficient (Wildman–Crippen LogP) is 1.83. The van der Waals surface area contributed by atoms with Gasteiger partial charge < -0.3 is 15.5 Å². The van der Waals surface area contributed by atoms with Crippen LogP contribution in [0.2, 0.25) is 0 Å². The highest BCUT2D eigenvalue weighted by atomic mass is 16.2. The van der Waals surface area contributed by atoms with E-state index in [0.29, 0.717) is 18.1 Å². The molecule has 116 valence electrons. The molecule has 4 heteroatoms. The van der Waals surface area contributed by atoms with Gasteiger partial charge >= 0.3 is 0 Å². The first-order valence-electron chi connectivity index (χ1n) is 8.17. The molecule has 1 amide bonds. The lowest BCUT2D eigenvalue weighted by molar-refractivity contribution is -0.139. The van der Waals surface area contributed by atoms with Crippen LogP contribution in [-0.4, -0.2) is 54.0 Å². The number of hydrogen-bond donors (Lipinski definition) is 1. The van der Waals surface area contributed by atoms with Gasteiger partial charge in [0.25, 0.3) is 0 Å². The fraction of sp³-hybridized carbons (Fsp3) is 0.938. The SMILES string of the molecule is CC(C)C(N)C(=O)N(C1CC1)[C@H]1CCCCC1N(C)C. The quantitative estimate of drug-likeness (QED) is 0.836.